The van der Waals surface area contributed by atoms with E-state index in [1.807, 2.05) is 12.2 Å². The van der Waals surface area contributed by atoms with E-state index in [1.54, 1.807) is 19.9 Å². The van der Waals surface area contributed by atoms with Crippen LogP contribution in [0.3, 0.4) is 0 Å². The van der Waals surface area contributed by atoms with Gasteiger partial charge in [-0.3, -0.25) is 9.59 Å². The summed E-state index contributed by atoms with van der Waals surface area (Å²) in [6.07, 6.45) is 13.5. The van der Waals surface area contributed by atoms with Gasteiger partial charge < -0.3 is 19.3 Å². The summed E-state index contributed by atoms with van der Waals surface area (Å²) in [5.74, 6) is -1.33. The van der Waals surface area contributed by atoms with Crippen LogP contribution >= 0.6 is 0 Å². The van der Waals surface area contributed by atoms with Crippen LogP contribution < -0.4 is 0 Å². The van der Waals surface area contributed by atoms with Crippen LogP contribution in [0.15, 0.2) is 47.1 Å². The maximum Gasteiger partial charge on any atom is 0.316 e. The molecule has 6 heteroatoms. The molecule has 2 bridgehead atoms. The SMILES string of the molecule is CC1=CC2C(=O)OC3CC(C/C=C(\C)CC(C)/C=C/C=C(\C)C2(O)CC1=O)OC1(CCC(C)C(C(C)C)O1)C3. The molecule has 0 radical (unpaired) electrons. The van der Waals surface area contributed by atoms with Crippen LogP contribution in [0, 0.1) is 23.7 Å². The number of hydrogen-bond donors (Lipinski definition) is 1. The highest BCUT2D eigenvalue weighted by Crippen LogP contribution is 2.45. The fourth-order valence-corrected chi connectivity index (χ4v) is 6.81. The molecule has 3 heterocycles. The second-order valence-corrected chi connectivity index (χ2v) is 13.0. The van der Waals surface area contributed by atoms with Gasteiger partial charge in [-0.05, 0) is 68.9 Å². The van der Waals surface area contributed by atoms with Gasteiger partial charge in [-0.25, -0.2) is 0 Å². The predicted molar refractivity (Wildman–Crippen MR) is 152 cm³/mol. The highest BCUT2D eigenvalue weighted by molar-refractivity contribution is 5.99. The minimum atomic E-state index is -1.63. The minimum Gasteiger partial charge on any atom is -0.462 e. The van der Waals surface area contributed by atoms with Gasteiger partial charge in [-0.15, -0.1) is 0 Å². The number of carbonyl (C=O) groups is 2. The molecule has 0 amide bonds. The topological polar surface area (TPSA) is 82.1 Å². The van der Waals surface area contributed by atoms with E-state index in [0.29, 0.717) is 41.7 Å². The number of carbonyl (C=O) groups excluding carboxylic acids is 2. The number of fused-ring (bicyclic) bond motifs is 3. The first kappa shape index (κ1) is 30.0. The molecule has 4 aliphatic rings. The fourth-order valence-electron chi connectivity index (χ4n) is 6.81. The number of ketones is 1. The van der Waals surface area contributed by atoms with Crippen LogP contribution in [0.2, 0.25) is 0 Å². The van der Waals surface area contributed by atoms with Gasteiger partial charge in [-0.1, -0.05) is 63.6 Å². The summed E-state index contributed by atoms with van der Waals surface area (Å²) in [7, 11) is 0. The summed E-state index contributed by atoms with van der Waals surface area (Å²) < 4.78 is 19.6. The second kappa shape index (κ2) is 11.8. The molecule has 3 aliphatic heterocycles. The van der Waals surface area contributed by atoms with Gasteiger partial charge in [0.2, 0.25) is 0 Å². The van der Waals surface area contributed by atoms with E-state index in [2.05, 4.69) is 46.8 Å². The molecular formula is C33H48O6. The third kappa shape index (κ3) is 6.66. The lowest BCUT2D eigenvalue weighted by Crippen LogP contribution is -2.55. The summed E-state index contributed by atoms with van der Waals surface area (Å²) >= 11 is 0. The van der Waals surface area contributed by atoms with E-state index in [0.717, 1.165) is 25.7 Å². The second-order valence-electron chi connectivity index (χ2n) is 13.0. The molecule has 8 unspecified atom stereocenters. The van der Waals surface area contributed by atoms with Gasteiger partial charge in [0, 0.05) is 25.7 Å². The maximum atomic E-state index is 13.8. The number of hydrogen-bond acceptors (Lipinski definition) is 6. The first-order valence-electron chi connectivity index (χ1n) is 14.8. The molecule has 6 nitrogen and oxygen atoms in total. The van der Waals surface area contributed by atoms with Crippen molar-refractivity contribution in [3.63, 3.8) is 0 Å². The number of Topliss-reactive ketones (excluding diaryl/α,β-unsaturated/α-hetero) is 1. The van der Waals surface area contributed by atoms with Gasteiger partial charge in [0.05, 0.1) is 12.2 Å². The molecule has 8 atom stereocenters. The molecule has 0 aromatic carbocycles. The quantitative estimate of drug-likeness (QED) is 0.307. The highest BCUT2D eigenvalue weighted by Gasteiger charge is 2.51. The average molecular weight is 541 g/mol. The van der Waals surface area contributed by atoms with Gasteiger partial charge in [-0.2, -0.15) is 0 Å². The zero-order valence-corrected chi connectivity index (χ0v) is 24.9. The lowest BCUT2D eigenvalue weighted by molar-refractivity contribution is -0.340. The smallest absolute Gasteiger partial charge is 0.316 e. The summed E-state index contributed by atoms with van der Waals surface area (Å²) in [5, 5.41) is 11.8. The highest BCUT2D eigenvalue weighted by atomic mass is 16.7. The lowest BCUT2D eigenvalue weighted by atomic mass is 9.72. The molecule has 1 N–H and O–H groups in total. The molecule has 2 fully saturated rings. The number of esters is 1. The Kier molecular flexibility index (Phi) is 9.09. The fraction of sp³-hybridized carbons (Fsp3) is 0.697. The maximum absolute atomic E-state index is 13.8. The standard InChI is InChI=1S/C33H48O6/c1-20(2)30-23(5)13-14-32(39-30)18-27-17-26(38-32)12-11-22(4)15-21(3)9-8-10-25(7)33(36)19-29(34)24(6)16-28(33)31(35)37-27/h8-11,16,20-21,23,26-28,30,36H,12-15,17-19H2,1-7H3/b9-8+,22-11+,25-10+. The molecule has 216 valence electrons. The van der Waals surface area contributed by atoms with Gasteiger partial charge in [0.15, 0.2) is 11.6 Å². The van der Waals surface area contributed by atoms with Crippen molar-refractivity contribution in [2.24, 2.45) is 23.7 Å². The van der Waals surface area contributed by atoms with E-state index in [1.165, 1.54) is 5.57 Å². The Hall–Kier alpha value is -2.02. The van der Waals surface area contributed by atoms with E-state index in [9.17, 15) is 14.7 Å². The van der Waals surface area contributed by atoms with Gasteiger partial charge >= 0.3 is 5.97 Å². The number of allylic oxidation sites excluding steroid dienone is 5. The van der Waals surface area contributed by atoms with Crippen molar-refractivity contribution in [2.45, 2.75) is 123 Å². The third-order valence-corrected chi connectivity index (χ3v) is 9.17. The van der Waals surface area contributed by atoms with Crippen molar-refractivity contribution in [2.75, 3.05) is 0 Å². The Labute approximate surface area is 234 Å². The Balaban J connectivity index is 1.71. The molecular weight excluding hydrogens is 492 g/mol. The Morgan fingerprint density at radius 3 is 2.54 bits per heavy atom. The molecule has 1 aliphatic carbocycles. The summed E-state index contributed by atoms with van der Waals surface area (Å²) in [6.45, 7) is 14.4. The van der Waals surface area contributed by atoms with E-state index in [4.69, 9.17) is 14.2 Å². The summed E-state index contributed by atoms with van der Waals surface area (Å²) in [4.78, 5) is 26.4. The van der Waals surface area contributed by atoms with Crippen LogP contribution in [-0.2, 0) is 23.8 Å². The monoisotopic (exact) mass is 540 g/mol. The normalized spacial score (nSPS) is 44.0. The minimum absolute atomic E-state index is 0.0736. The number of ether oxygens (including phenoxy) is 3. The van der Waals surface area contributed by atoms with Gasteiger partial charge in [0.25, 0.3) is 0 Å². The first-order chi connectivity index (χ1) is 18.3. The molecule has 0 saturated carbocycles. The largest absolute Gasteiger partial charge is 0.462 e. The van der Waals surface area contributed by atoms with Crippen LogP contribution in [0.1, 0.15) is 93.4 Å². The number of aliphatic hydroxyl groups is 1. The van der Waals surface area contributed by atoms with Crippen molar-refractivity contribution >= 4 is 11.8 Å². The Morgan fingerprint density at radius 1 is 1.08 bits per heavy atom. The van der Waals surface area contributed by atoms with Gasteiger partial charge in [0.1, 0.15) is 17.6 Å². The van der Waals surface area contributed by atoms with Crippen molar-refractivity contribution < 1.29 is 28.9 Å². The zero-order chi connectivity index (χ0) is 28.5. The lowest BCUT2D eigenvalue weighted by Gasteiger charge is -2.50. The predicted octanol–water partition coefficient (Wildman–Crippen LogP) is 6.39. The van der Waals surface area contributed by atoms with Crippen LogP contribution in [0.4, 0.5) is 0 Å². The summed E-state index contributed by atoms with van der Waals surface area (Å²) in [6, 6.07) is 0. The van der Waals surface area contributed by atoms with E-state index >= 15 is 0 Å². The average Bonchev–Trinajstić information content (AvgIpc) is 2.85. The molecule has 0 aromatic heterocycles. The van der Waals surface area contributed by atoms with E-state index < -0.39 is 29.4 Å². The van der Waals surface area contributed by atoms with Crippen molar-refractivity contribution in [3.05, 3.63) is 47.1 Å². The van der Waals surface area contributed by atoms with Crippen LogP contribution in [-0.4, -0.2) is 46.6 Å². The van der Waals surface area contributed by atoms with Crippen LogP contribution in [0.5, 0.6) is 0 Å². The van der Waals surface area contributed by atoms with Crippen molar-refractivity contribution in [1.29, 1.82) is 0 Å². The van der Waals surface area contributed by atoms with Crippen molar-refractivity contribution in [3.8, 4) is 0 Å². The molecule has 1 spiro atoms. The third-order valence-electron chi connectivity index (χ3n) is 9.17. The number of rotatable bonds is 1. The van der Waals surface area contributed by atoms with Crippen molar-refractivity contribution in [1.82, 2.24) is 0 Å². The summed E-state index contributed by atoms with van der Waals surface area (Å²) in [5.41, 5.74) is 0.720. The molecule has 0 aromatic rings. The van der Waals surface area contributed by atoms with E-state index in [-0.39, 0.29) is 24.4 Å². The Morgan fingerprint density at radius 2 is 1.82 bits per heavy atom. The van der Waals surface area contributed by atoms with Crippen LogP contribution in [0.25, 0.3) is 0 Å². The molecule has 2 saturated heterocycles. The Bertz CT molecular complexity index is 1070. The molecule has 4 rings (SSSR count). The first-order valence-corrected chi connectivity index (χ1v) is 14.8. The zero-order valence-electron chi connectivity index (χ0n) is 24.9. The molecule has 39 heavy (non-hydrogen) atoms.